The summed E-state index contributed by atoms with van der Waals surface area (Å²) < 4.78 is 12.1. The van der Waals surface area contributed by atoms with Gasteiger partial charge >= 0.3 is 0 Å². The van der Waals surface area contributed by atoms with Crippen molar-refractivity contribution in [3.8, 4) is 17.2 Å². The molecule has 9 heteroatoms. The fourth-order valence-corrected chi connectivity index (χ4v) is 5.31. The van der Waals surface area contributed by atoms with E-state index in [0.717, 1.165) is 34.9 Å². The molecule has 3 aromatic rings. The lowest BCUT2D eigenvalue weighted by Crippen LogP contribution is -2.49. The molecule has 35 heavy (non-hydrogen) atoms. The van der Waals surface area contributed by atoms with Crippen molar-refractivity contribution < 1.29 is 14.3 Å². The number of ether oxygens (including phenoxy) is 2. The monoisotopic (exact) mass is 485 g/mol. The highest BCUT2D eigenvalue weighted by molar-refractivity contribution is 8.00. The molecular weight excluding hydrogens is 462 g/mol. The first-order chi connectivity index (χ1) is 17.1. The van der Waals surface area contributed by atoms with Gasteiger partial charge in [0.05, 0.1) is 28.8 Å². The summed E-state index contributed by atoms with van der Waals surface area (Å²) in [6.45, 7) is 2.05. The van der Waals surface area contributed by atoms with Crippen molar-refractivity contribution in [1.29, 1.82) is 5.26 Å². The van der Waals surface area contributed by atoms with Crippen molar-refractivity contribution in [2.75, 3.05) is 29.1 Å². The molecule has 0 unspecified atom stereocenters. The molecule has 7 rings (SSSR count). The Balaban J connectivity index is 1.03. The average Bonchev–Trinajstić information content (AvgIpc) is 3.43. The molecule has 8 nitrogen and oxygen atoms in total. The quantitative estimate of drug-likeness (QED) is 0.489. The van der Waals surface area contributed by atoms with Crippen molar-refractivity contribution in [3.63, 3.8) is 0 Å². The van der Waals surface area contributed by atoms with Gasteiger partial charge in [-0.1, -0.05) is 30.3 Å². The minimum atomic E-state index is -0.632. The van der Waals surface area contributed by atoms with E-state index >= 15 is 0 Å². The zero-order chi connectivity index (χ0) is 23.8. The normalized spacial score (nSPS) is 22.2. The van der Waals surface area contributed by atoms with E-state index in [1.807, 2.05) is 47.4 Å². The molecule has 5 heterocycles. The van der Waals surface area contributed by atoms with E-state index in [1.165, 1.54) is 17.3 Å². The van der Waals surface area contributed by atoms with Crippen LogP contribution in [-0.2, 0) is 20.8 Å². The molecule has 0 spiro atoms. The maximum absolute atomic E-state index is 11.7. The maximum atomic E-state index is 11.7. The fourth-order valence-electron chi connectivity index (χ4n) is 4.55. The number of anilines is 2. The van der Waals surface area contributed by atoms with Crippen LogP contribution < -0.4 is 15.5 Å². The van der Waals surface area contributed by atoms with E-state index in [1.54, 1.807) is 0 Å². The zero-order valence-corrected chi connectivity index (χ0v) is 19.7. The summed E-state index contributed by atoms with van der Waals surface area (Å²) in [5, 5.41) is 15.5. The van der Waals surface area contributed by atoms with Crippen LogP contribution in [0.25, 0.3) is 11.1 Å². The Kier molecular flexibility index (Phi) is 5.66. The number of benzene rings is 2. The van der Waals surface area contributed by atoms with Gasteiger partial charge in [-0.3, -0.25) is 4.79 Å². The highest BCUT2D eigenvalue weighted by Crippen LogP contribution is 2.45. The molecule has 0 radical (unpaired) electrons. The van der Waals surface area contributed by atoms with Gasteiger partial charge in [0.25, 0.3) is 0 Å². The fraction of sp³-hybridized carbons (Fsp3) is 0.269. The SMILES string of the molecule is N#Cc1cccc(-c2cccc(CNCCC34CN(c5ccc6c(n5)NC(=O)CS6)C(O3)O4)c2)c1. The van der Waals surface area contributed by atoms with Gasteiger partial charge < -0.3 is 25.0 Å². The summed E-state index contributed by atoms with van der Waals surface area (Å²) in [4.78, 5) is 19.3. The van der Waals surface area contributed by atoms with Crippen LogP contribution in [0.15, 0.2) is 65.6 Å². The molecule has 1 amide bonds. The number of aromatic nitrogens is 1. The number of thioether (sulfide) groups is 1. The molecule has 3 saturated heterocycles. The predicted molar refractivity (Wildman–Crippen MR) is 133 cm³/mol. The van der Waals surface area contributed by atoms with Gasteiger partial charge in [0, 0.05) is 19.5 Å². The summed E-state index contributed by atoms with van der Waals surface area (Å²) in [5.74, 6) is 1.09. The van der Waals surface area contributed by atoms with Crippen molar-refractivity contribution in [3.05, 3.63) is 71.8 Å². The van der Waals surface area contributed by atoms with Crippen molar-refractivity contribution in [2.24, 2.45) is 0 Å². The molecule has 2 bridgehead atoms. The molecule has 4 aliphatic heterocycles. The van der Waals surface area contributed by atoms with E-state index in [0.29, 0.717) is 30.1 Å². The second-order valence-electron chi connectivity index (χ2n) is 8.75. The number of nitrogens with zero attached hydrogens (tertiary/aromatic N) is 3. The number of rotatable bonds is 7. The first kappa shape index (κ1) is 22.1. The van der Waals surface area contributed by atoms with E-state index in [4.69, 9.17) is 14.7 Å². The van der Waals surface area contributed by atoms with E-state index in [2.05, 4.69) is 39.9 Å². The molecule has 0 saturated carbocycles. The van der Waals surface area contributed by atoms with E-state index in [-0.39, 0.29) is 5.91 Å². The second kappa shape index (κ2) is 8.98. The van der Waals surface area contributed by atoms with Gasteiger partial charge in [0.2, 0.25) is 12.3 Å². The third-order valence-electron chi connectivity index (χ3n) is 6.32. The zero-order valence-electron chi connectivity index (χ0n) is 18.9. The molecule has 1 aromatic heterocycles. The maximum Gasteiger partial charge on any atom is 0.246 e. The molecule has 4 aliphatic rings. The third kappa shape index (κ3) is 4.37. The number of hydrogen-bond donors (Lipinski definition) is 2. The van der Waals surface area contributed by atoms with Crippen LogP contribution in [-0.4, -0.2) is 41.9 Å². The number of nitrogens with one attached hydrogen (secondary N) is 2. The summed E-state index contributed by atoms with van der Waals surface area (Å²) in [6.07, 6.45) is 0.273. The van der Waals surface area contributed by atoms with Crippen molar-refractivity contribution in [1.82, 2.24) is 10.3 Å². The summed E-state index contributed by atoms with van der Waals surface area (Å²) in [6, 6.07) is 22.1. The number of pyridine rings is 1. The number of hydrogen-bond acceptors (Lipinski definition) is 8. The van der Waals surface area contributed by atoms with Crippen LogP contribution in [0.2, 0.25) is 0 Å². The topological polar surface area (TPSA) is 99.5 Å². The number of carbonyl (C=O) groups is 1. The third-order valence-corrected chi connectivity index (χ3v) is 7.36. The van der Waals surface area contributed by atoms with Gasteiger partial charge in [-0.2, -0.15) is 5.26 Å². The number of amides is 1. The lowest BCUT2D eigenvalue weighted by molar-refractivity contribution is -0.405. The van der Waals surface area contributed by atoms with E-state index < -0.39 is 12.2 Å². The Morgan fingerprint density at radius 2 is 2.00 bits per heavy atom. The van der Waals surface area contributed by atoms with Crippen LogP contribution >= 0.6 is 11.8 Å². The van der Waals surface area contributed by atoms with E-state index in [9.17, 15) is 4.79 Å². The molecule has 2 N–H and O–H groups in total. The minimum absolute atomic E-state index is 0.0332. The summed E-state index contributed by atoms with van der Waals surface area (Å²) >= 11 is 1.49. The van der Waals surface area contributed by atoms with Crippen LogP contribution in [0.1, 0.15) is 17.5 Å². The van der Waals surface area contributed by atoms with Crippen molar-refractivity contribution in [2.45, 2.75) is 30.1 Å². The lowest BCUT2D eigenvalue weighted by atomic mass is 10.0. The number of fused-ring (bicyclic) bond motifs is 2. The van der Waals surface area contributed by atoms with Gasteiger partial charge in [0.15, 0.2) is 5.79 Å². The standard InChI is InChI=1S/C26H23N5O3S/c27-13-17-3-1-5-19(11-17)20-6-2-4-18(12-20)14-28-10-9-26-16-31(25(33-26)34-26)22-8-7-21-24(29-22)30-23(32)15-35-21/h1-8,11-12,25,28H,9-10,14-16H2,(H,29,30,32). The van der Waals surface area contributed by atoms with Gasteiger partial charge in [-0.15, -0.1) is 11.8 Å². The first-order valence-electron chi connectivity index (χ1n) is 11.5. The van der Waals surface area contributed by atoms with Crippen LogP contribution in [0.4, 0.5) is 11.6 Å². The Bertz CT molecular complexity index is 1330. The van der Waals surface area contributed by atoms with Crippen molar-refractivity contribution >= 4 is 29.3 Å². The Morgan fingerprint density at radius 3 is 2.86 bits per heavy atom. The van der Waals surface area contributed by atoms with Gasteiger partial charge in [-0.05, 0) is 47.0 Å². The van der Waals surface area contributed by atoms with Gasteiger partial charge in [-0.25, -0.2) is 4.98 Å². The minimum Gasteiger partial charge on any atom is -0.312 e. The molecule has 3 fully saturated rings. The highest BCUT2D eigenvalue weighted by Gasteiger charge is 2.58. The first-order valence-corrected chi connectivity index (χ1v) is 12.5. The molecule has 0 aliphatic carbocycles. The highest BCUT2D eigenvalue weighted by atomic mass is 32.2. The number of carbonyl (C=O) groups excluding carboxylic acids is 1. The smallest absolute Gasteiger partial charge is 0.246 e. The summed E-state index contributed by atoms with van der Waals surface area (Å²) in [7, 11) is 0. The number of nitriles is 1. The molecule has 0 atom stereocenters. The van der Waals surface area contributed by atoms with Crippen LogP contribution in [0, 0.1) is 11.3 Å². The average molecular weight is 486 g/mol. The lowest BCUT2D eigenvalue weighted by Gasteiger charge is -2.37. The Labute approximate surface area is 207 Å². The van der Waals surface area contributed by atoms with Crippen LogP contribution in [0.3, 0.4) is 0 Å². The summed E-state index contributed by atoms with van der Waals surface area (Å²) in [5.41, 5.74) is 3.95. The Morgan fingerprint density at radius 1 is 1.17 bits per heavy atom. The molecule has 2 aromatic carbocycles. The predicted octanol–water partition coefficient (Wildman–Crippen LogP) is 3.69. The molecule has 176 valence electrons. The van der Waals surface area contributed by atoms with Gasteiger partial charge in [0.1, 0.15) is 11.6 Å². The Hall–Kier alpha value is -3.42. The largest absolute Gasteiger partial charge is 0.312 e. The second-order valence-corrected chi connectivity index (χ2v) is 9.77. The molecular formula is C26H23N5O3S. The van der Waals surface area contributed by atoms with Crippen LogP contribution in [0.5, 0.6) is 0 Å².